The molecule has 0 bridgehead atoms. The number of nitrogens with zero attached hydrogens (tertiary/aromatic N) is 3. The smallest absolute Gasteiger partial charge is 0.298 e. The Kier molecular flexibility index (Phi) is 6.15. The number of ketones is 1. The summed E-state index contributed by atoms with van der Waals surface area (Å²) in [4.78, 5) is 25.4. The van der Waals surface area contributed by atoms with Crippen LogP contribution < -0.4 is 5.69 Å². The van der Waals surface area contributed by atoms with E-state index in [1.165, 1.54) is 27.4 Å². The van der Waals surface area contributed by atoms with E-state index in [9.17, 15) is 14.0 Å². The van der Waals surface area contributed by atoms with E-state index >= 15 is 0 Å². The van der Waals surface area contributed by atoms with E-state index in [-0.39, 0.29) is 29.1 Å². The van der Waals surface area contributed by atoms with Crippen molar-refractivity contribution in [3.8, 4) is 17.1 Å². The maximum Gasteiger partial charge on any atom is 0.351 e. The van der Waals surface area contributed by atoms with E-state index in [1.54, 1.807) is 24.3 Å². The van der Waals surface area contributed by atoms with Crippen LogP contribution in [0.1, 0.15) is 20.3 Å². The molecule has 0 aliphatic rings. The first-order chi connectivity index (χ1) is 13.3. The second-order valence-electron chi connectivity index (χ2n) is 6.85. The number of rotatable bonds is 6. The summed E-state index contributed by atoms with van der Waals surface area (Å²) in [6, 6.07) is 11.1. The van der Waals surface area contributed by atoms with E-state index in [0.29, 0.717) is 17.7 Å². The minimum atomic E-state index is -0.567. The van der Waals surface area contributed by atoms with Crippen LogP contribution in [0.5, 0.6) is 0 Å². The number of hydrogen-bond acceptors (Lipinski definition) is 3. The molecule has 0 amide bonds. The van der Waals surface area contributed by atoms with Crippen molar-refractivity contribution in [2.75, 3.05) is 0 Å². The van der Waals surface area contributed by atoms with Crippen molar-refractivity contribution in [3.63, 3.8) is 0 Å². The molecule has 0 fully saturated rings. The Bertz CT molecular complexity index is 1070. The third-order valence-corrected chi connectivity index (χ3v) is 4.90. The standard InChI is InChI=1S/C20H18BrClFN3O2/c1-12(2)9-16(27)11-25-19(13-3-8-18(23)17(22)10-13)24-26(20(25)28)15-6-4-14(21)5-7-15/h3-8,10,12H,9,11H2,1-2H3. The van der Waals surface area contributed by atoms with Gasteiger partial charge in [0.2, 0.25) is 0 Å². The summed E-state index contributed by atoms with van der Waals surface area (Å²) in [6.07, 6.45) is 0.347. The summed E-state index contributed by atoms with van der Waals surface area (Å²) in [5.41, 5.74) is 0.560. The highest BCUT2D eigenvalue weighted by molar-refractivity contribution is 9.10. The van der Waals surface area contributed by atoms with Gasteiger partial charge in [-0.15, -0.1) is 5.10 Å². The number of aromatic nitrogens is 3. The van der Waals surface area contributed by atoms with Gasteiger partial charge in [0.05, 0.1) is 17.3 Å². The molecule has 3 rings (SSSR count). The van der Waals surface area contributed by atoms with Crippen molar-refractivity contribution in [2.24, 2.45) is 5.92 Å². The van der Waals surface area contributed by atoms with Gasteiger partial charge in [-0.3, -0.25) is 9.36 Å². The van der Waals surface area contributed by atoms with Crippen molar-refractivity contribution in [2.45, 2.75) is 26.8 Å². The molecule has 0 saturated carbocycles. The normalized spacial score (nSPS) is 11.2. The fourth-order valence-corrected chi connectivity index (χ4v) is 3.28. The van der Waals surface area contributed by atoms with E-state index in [2.05, 4.69) is 21.0 Å². The molecule has 146 valence electrons. The molecule has 0 saturated heterocycles. The fourth-order valence-electron chi connectivity index (χ4n) is 2.83. The summed E-state index contributed by atoms with van der Waals surface area (Å²) in [6.45, 7) is 3.76. The number of carbonyl (C=O) groups excluding carboxylic acids is 1. The summed E-state index contributed by atoms with van der Waals surface area (Å²) >= 11 is 9.26. The molecule has 0 spiro atoms. The Balaban J connectivity index is 2.14. The zero-order valence-corrected chi connectivity index (χ0v) is 17.7. The fraction of sp³-hybridized carbons (Fsp3) is 0.250. The maximum absolute atomic E-state index is 13.6. The van der Waals surface area contributed by atoms with Gasteiger partial charge >= 0.3 is 5.69 Å². The number of halogens is 3. The van der Waals surface area contributed by atoms with Crippen molar-refractivity contribution >= 4 is 33.3 Å². The summed E-state index contributed by atoms with van der Waals surface area (Å²) in [5.74, 6) is -0.218. The van der Waals surface area contributed by atoms with Crippen molar-refractivity contribution < 1.29 is 9.18 Å². The number of Topliss-reactive ketones (excluding diaryl/α,β-unsaturated/α-hetero) is 1. The topological polar surface area (TPSA) is 56.9 Å². The molecule has 0 radical (unpaired) electrons. The van der Waals surface area contributed by atoms with Crippen LogP contribution in [0.2, 0.25) is 5.02 Å². The predicted molar refractivity (Wildman–Crippen MR) is 110 cm³/mol. The SMILES string of the molecule is CC(C)CC(=O)Cn1c(-c2ccc(F)c(Cl)c2)nn(-c2ccc(Br)cc2)c1=O. The Hall–Kier alpha value is -2.25. The lowest BCUT2D eigenvalue weighted by atomic mass is 10.1. The van der Waals surface area contributed by atoms with Crippen LogP contribution in [0.3, 0.4) is 0 Å². The predicted octanol–water partition coefficient (Wildman–Crippen LogP) is 4.87. The Morgan fingerprint density at radius 3 is 2.50 bits per heavy atom. The molecular formula is C20H18BrClFN3O2. The maximum atomic E-state index is 13.6. The first-order valence-corrected chi connectivity index (χ1v) is 9.86. The van der Waals surface area contributed by atoms with Gasteiger partial charge < -0.3 is 0 Å². The van der Waals surface area contributed by atoms with Crippen LogP contribution in [-0.2, 0) is 11.3 Å². The molecule has 1 heterocycles. The second kappa shape index (κ2) is 8.41. The molecule has 0 atom stereocenters. The van der Waals surface area contributed by atoms with Gasteiger partial charge in [0, 0.05) is 16.5 Å². The Labute approximate surface area is 174 Å². The molecule has 0 N–H and O–H groups in total. The van der Waals surface area contributed by atoms with E-state index < -0.39 is 11.5 Å². The highest BCUT2D eigenvalue weighted by Gasteiger charge is 2.20. The minimum Gasteiger partial charge on any atom is -0.298 e. The van der Waals surface area contributed by atoms with E-state index in [4.69, 9.17) is 11.6 Å². The van der Waals surface area contributed by atoms with Crippen LogP contribution in [0.4, 0.5) is 4.39 Å². The molecule has 5 nitrogen and oxygen atoms in total. The zero-order chi connectivity index (χ0) is 20.4. The van der Waals surface area contributed by atoms with Gasteiger partial charge in [-0.05, 0) is 48.4 Å². The first-order valence-electron chi connectivity index (χ1n) is 8.69. The molecule has 0 aliphatic heterocycles. The monoisotopic (exact) mass is 465 g/mol. The van der Waals surface area contributed by atoms with Gasteiger partial charge in [-0.2, -0.15) is 4.68 Å². The van der Waals surface area contributed by atoms with Crippen LogP contribution in [0, 0.1) is 11.7 Å². The number of hydrogen-bond donors (Lipinski definition) is 0. The Morgan fingerprint density at radius 1 is 1.21 bits per heavy atom. The average Bonchev–Trinajstić information content (AvgIpc) is 2.94. The first kappa shape index (κ1) is 20.5. The highest BCUT2D eigenvalue weighted by atomic mass is 79.9. The molecule has 1 aromatic heterocycles. The van der Waals surface area contributed by atoms with Crippen molar-refractivity contribution in [1.82, 2.24) is 14.3 Å². The quantitative estimate of drug-likeness (QED) is 0.521. The third-order valence-electron chi connectivity index (χ3n) is 4.08. The van der Waals surface area contributed by atoms with Crippen LogP contribution >= 0.6 is 27.5 Å². The molecule has 0 unspecified atom stereocenters. The van der Waals surface area contributed by atoms with Crippen LogP contribution in [0.15, 0.2) is 51.7 Å². The van der Waals surface area contributed by atoms with Crippen molar-refractivity contribution in [1.29, 1.82) is 0 Å². The van der Waals surface area contributed by atoms with Gasteiger partial charge in [-0.25, -0.2) is 9.18 Å². The lowest BCUT2D eigenvalue weighted by molar-refractivity contribution is -0.120. The molecule has 2 aromatic carbocycles. The molecular weight excluding hydrogens is 449 g/mol. The van der Waals surface area contributed by atoms with Crippen LogP contribution in [0.25, 0.3) is 17.1 Å². The summed E-state index contributed by atoms with van der Waals surface area (Å²) in [7, 11) is 0. The number of benzene rings is 2. The zero-order valence-electron chi connectivity index (χ0n) is 15.3. The minimum absolute atomic E-state index is 0.0804. The average molecular weight is 467 g/mol. The molecule has 3 aromatic rings. The molecule has 28 heavy (non-hydrogen) atoms. The van der Waals surface area contributed by atoms with Crippen molar-refractivity contribution in [3.05, 3.63) is 68.3 Å². The Morgan fingerprint density at radius 2 is 1.89 bits per heavy atom. The van der Waals surface area contributed by atoms with Gasteiger partial charge in [0.25, 0.3) is 0 Å². The van der Waals surface area contributed by atoms with Gasteiger partial charge in [0.15, 0.2) is 11.6 Å². The molecule has 0 aliphatic carbocycles. The van der Waals surface area contributed by atoms with E-state index in [0.717, 1.165) is 4.47 Å². The van der Waals surface area contributed by atoms with Gasteiger partial charge in [-0.1, -0.05) is 41.4 Å². The number of carbonyl (C=O) groups is 1. The highest BCUT2D eigenvalue weighted by Crippen LogP contribution is 2.24. The van der Waals surface area contributed by atoms with E-state index in [1.807, 2.05) is 13.8 Å². The third kappa shape index (κ3) is 4.42. The largest absolute Gasteiger partial charge is 0.351 e. The lowest BCUT2D eigenvalue weighted by Crippen LogP contribution is -2.27. The summed E-state index contributed by atoms with van der Waals surface area (Å²) < 4.78 is 17.0. The van der Waals surface area contributed by atoms with Crippen LogP contribution in [-0.4, -0.2) is 20.1 Å². The second-order valence-corrected chi connectivity index (χ2v) is 8.17. The molecule has 8 heteroatoms. The summed E-state index contributed by atoms with van der Waals surface area (Å²) in [5, 5.41) is 4.32. The lowest BCUT2D eigenvalue weighted by Gasteiger charge is -2.07. The van der Waals surface area contributed by atoms with Gasteiger partial charge in [0.1, 0.15) is 5.82 Å².